The molecule has 1 heterocycles. The van der Waals surface area contributed by atoms with E-state index in [1.807, 2.05) is 4.57 Å². The van der Waals surface area contributed by atoms with Crippen molar-refractivity contribution in [3.05, 3.63) is 34.1 Å². The van der Waals surface area contributed by atoms with E-state index in [2.05, 4.69) is 26.1 Å². The van der Waals surface area contributed by atoms with E-state index in [-0.39, 0.29) is 5.82 Å². The Morgan fingerprint density at radius 1 is 1.42 bits per heavy atom. The SMILES string of the molecule is Nc1nnc(SCc2ccc(F)c(Br)c2)n1C1CC1. The van der Waals surface area contributed by atoms with Gasteiger partial charge in [0, 0.05) is 11.8 Å². The lowest BCUT2D eigenvalue weighted by atomic mass is 10.2. The largest absolute Gasteiger partial charge is 0.368 e. The fourth-order valence-electron chi connectivity index (χ4n) is 1.84. The lowest BCUT2D eigenvalue weighted by Gasteiger charge is -2.06. The summed E-state index contributed by atoms with van der Waals surface area (Å²) >= 11 is 4.76. The zero-order chi connectivity index (χ0) is 13.4. The fourth-order valence-corrected chi connectivity index (χ4v) is 3.22. The molecule has 1 aliphatic rings. The predicted molar refractivity (Wildman–Crippen MR) is 76.4 cm³/mol. The molecule has 0 saturated heterocycles. The summed E-state index contributed by atoms with van der Waals surface area (Å²) in [5.74, 6) is 0.938. The van der Waals surface area contributed by atoms with Crippen LogP contribution in [0, 0.1) is 5.82 Å². The van der Waals surface area contributed by atoms with Gasteiger partial charge in [-0.1, -0.05) is 17.8 Å². The molecule has 3 rings (SSSR count). The van der Waals surface area contributed by atoms with Crippen LogP contribution in [0.25, 0.3) is 0 Å². The summed E-state index contributed by atoms with van der Waals surface area (Å²) in [5, 5.41) is 8.85. The van der Waals surface area contributed by atoms with E-state index in [1.165, 1.54) is 6.07 Å². The summed E-state index contributed by atoms with van der Waals surface area (Å²) in [6.07, 6.45) is 2.27. The van der Waals surface area contributed by atoms with Crippen LogP contribution >= 0.6 is 27.7 Å². The van der Waals surface area contributed by atoms with Crippen molar-refractivity contribution in [2.75, 3.05) is 5.73 Å². The quantitative estimate of drug-likeness (QED) is 0.865. The maximum Gasteiger partial charge on any atom is 0.222 e. The average molecular weight is 343 g/mol. The summed E-state index contributed by atoms with van der Waals surface area (Å²) in [5.41, 5.74) is 6.84. The third-order valence-electron chi connectivity index (χ3n) is 2.95. The highest BCUT2D eigenvalue weighted by atomic mass is 79.9. The molecule has 1 aromatic carbocycles. The Kier molecular flexibility index (Phi) is 3.49. The fraction of sp³-hybridized carbons (Fsp3) is 0.333. The number of hydrogen-bond acceptors (Lipinski definition) is 4. The first-order valence-electron chi connectivity index (χ1n) is 5.92. The Bertz CT molecular complexity index is 612. The number of rotatable bonds is 4. The third-order valence-corrected chi connectivity index (χ3v) is 4.58. The van der Waals surface area contributed by atoms with Crippen LogP contribution in [0.5, 0.6) is 0 Å². The van der Waals surface area contributed by atoms with Crippen LogP contribution in [0.2, 0.25) is 0 Å². The second-order valence-electron chi connectivity index (χ2n) is 4.48. The first-order valence-corrected chi connectivity index (χ1v) is 7.70. The highest BCUT2D eigenvalue weighted by molar-refractivity contribution is 9.10. The lowest BCUT2D eigenvalue weighted by molar-refractivity contribution is 0.620. The first-order chi connectivity index (χ1) is 9.15. The minimum Gasteiger partial charge on any atom is -0.368 e. The summed E-state index contributed by atoms with van der Waals surface area (Å²) < 4.78 is 15.6. The number of anilines is 1. The molecule has 0 unspecified atom stereocenters. The molecule has 1 aromatic heterocycles. The summed E-state index contributed by atoms with van der Waals surface area (Å²) in [4.78, 5) is 0. The van der Waals surface area contributed by atoms with Crippen LogP contribution < -0.4 is 5.73 Å². The molecule has 0 radical (unpaired) electrons. The van der Waals surface area contributed by atoms with Gasteiger partial charge in [0.15, 0.2) is 5.16 Å². The first kappa shape index (κ1) is 12.9. The summed E-state index contributed by atoms with van der Waals surface area (Å²) in [6, 6.07) is 5.47. The zero-order valence-electron chi connectivity index (χ0n) is 10.0. The Morgan fingerprint density at radius 2 is 2.21 bits per heavy atom. The number of halogens is 2. The van der Waals surface area contributed by atoms with Gasteiger partial charge in [-0.25, -0.2) is 4.39 Å². The van der Waals surface area contributed by atoms with E-state index in [4.69, 9.17) is 5.73 Å². The van der Waals surface area contributed by atoms with Crippen molar-refractivity contribution in [1.82, 2.24) is 14.8 Å². The van der Waals surface area contributed by atoms with Crippen molar-refractivity contribution in [2.24, 2.45) is 0 Å². The normalized spacial score (nSPS) is 14.8. The molecule has 1 aliphatic carbocycles. The van der Waals surface area contributed by atoms with E-state index in [9.17, 15) is 4.39 Å². The number of nitrogen functional groups attached to an aromatic ring is 1. The third kappa shape index (κ3) is 2.76. The van der Waals surface area contributed by atoms with Crippen LogP contribution in [-0.2, 0) is 5.75 Å². The van der Waals surface area contributed by atoms with Gasteiger partial charge in [0.05, 0.1) is 4.47 Å². The molecule has 0 atom stereocenters. The van der Waals surface area contributed by atoms with E-state index >= 15 is 0 Å². The smallest absolute Gasteiger partial charge is 0.222 e. The predicted octanol–water partition coefficient (Wildman–Crippen LogP) is 3.39. The highest BCUT2D eigenvalue weighted by Crippen LogP contribution is 2.39. The van der Waals surface area contributed by atoms with Crippen LogP contribution in [0.1, 0.15) is 24.4 Å². The Morgan fingerprint density at radius 3 is 2.89 bits per heavy atom. The van der Waals surface area contributed by atoms with Gasteiger partial charge in [0.25, 0.3) is 0 Å². The maximum absolute atomic E-state index is 13.1. The van der Waals surface area contributed by atoms with Crippen molar-refractivity contribution in [1.29, 1.82) is 0 Å². The molecular weight excluding hydrogens is 331 g/mol. The van der Waals surface area contributed by atoms with Gasteiger partial charge in [-0.05, 0) is 46.5 Å². The van der Waals surface area contributed by atoms with Crippen molar-refractivity contribution in [3.8, 4) is 0 Å². The number of thioether (sulfide) groups is 1. The minimum absolute atomic E-state index is 0.251. The van der Waals surface area contributed by atoms with Gasteiger partial charge in [-0.2, -0.15) is 0 Å². The van der Waals surface area contributed by atoms with Gasteiger partial charge >= 0.3 is 0 Å². The second-order valence-corrected chi connectivity index (χ2v) is 6.28. The van der Waals surface area contributed by atoms with Crippen molar-refractivity contribution >= 4 is 33.6 Å². The number of nitrogens with zero attached hydrogens (tertiary/aromatic N) is 3. The van der Waals surface area contributed by atoms with E-state index in [0.29, 0.717) is 22.2 Å². The van der Waals surface area contributed by atoms with Crippen LogP contribution in [0.3, 0.4) is 0 Å². The molecule has 2 N–H and O–H groups in total. The monoisotopic (exact) mass is 342 g/mol. The molecule has 0 amide bonds. The molecule has 4 nitrogen and oxygen atoms in total. The molecule has 1 fully saturated rings. The van der Waals surface area contributed by atoms with Gasteiger partial charge < -0.3 is 5.73 Å². The maximum atomic E-state index is 13.1. The standard InChI is InChI=1S/C12H12BrFN4S/c13-9-5-7(1-4-10(9)14)6-19-12-17-16-11(15)18(12)8-2-3-8/h1,4-5,8H,2-3,6H2,(H2,15,16). The van der Waals surface area contributed by atoms with E-state index in [0.717, 1.165) is 23.6 Å². The van der Waals surface area contributed by atoms with Gasteiger partial charge in [0.2, 0.25) is 5.95 Å². The Balaban J connectivity index is 1.73. The number of nitrogens with two attached hydrogens (primary N) is 1. The summed E-state index contributed by atoms with van der Waals surface area (Å²) in [7, 11) is 0. The molecule has 7 heteroatoms. The Hall–Kier alpha value is -1.08. The lowest BCUT2D eigenvalue weighted by Crippen LogP contribution is -2.02. The number of benzene rings is 1. The van der Waals surface area contributed by atoms with Crippen molar-refractivity contribution in [2.45, 2.75) is 29.8 Å². The highest BCUT2D eigenvalue weighted by Gasteiger charge is 2.28. The van der Waals surface area contributed by atoms with Crippen LogP contribution in [0.15, 0.2) is 27.8 Å². The zero-order valence-corrected chi connectivity index (χ0v) is 12.4. The minimum atomic E-state index is -0.251. The molecule has 100 valence electrons. The van der Waals surface area contributed by atoms with E-state index in [1.54, 1.807) is 23.9 Å². The van der Waals surface area contributed by atoms with Gasteiger partial charge in [-0.15, -0.1) is 10.2 Å². The van der Waals surface area contributed by atoms with Crippen LogP contribution in [-0.4, -0.2) is 14.8 Å². The molecular formula is C12H12BrFN4S. The molecule has 0 bridgehead atoms. The number of hydrogen-bond donors (Lipinski definition) is 1. The second kappa shape index (κ2) is 5.13. The van der Waals surface area contributed by atoms with E-state index < -0.39 is 0 Å². The van der Waals surface area contributed by atoms with Gasteiger partial charge in [-0.3, -0.25) is 4.57 Å². The molecule has 19 heavy (non-hydrogen) atoms. The van der Waals surface area contributed by atoms with Crippen molar-refractivity contribution in [3.63, 3.8) is 0 Å². The van der Waals surface area contributed by atoms with Crippen LogP contribution in [0.4, 0.5) is 10.3 Å². The van der Waals surface area contributed by atoms with Gasteiger partial charge in [0.1, 0.15) is 5.82 Å². The topological polar surface area (TPSA) is 56.7 Å². The number of aromatic nitrogens is 3. The average Bonchev–Trinajstić information content (AvgIpc) is 3.15. The summed E-state index contributed by atoms with van der Waals surface area (Å²) in [6.45, 7) is 0. The van der Waals surface area contributed by atoms with Crippen molar-refractivity contribution < 1.29 is 4.39 Å². The molecule has 1 saturated carbocycles. The molecule has 0 spiro atoms. The Labute approximate surface area is 122 Å². The molecule has 2 aromatic rings. The molecule has 0 aliphatic heterocycles.